The van der Waals surface area contributed by atoms with E-state index < -0.39 is 23.9 Å². The van der Waals surface area contributed by atoms with Crippen molar-refractivity contribution in [2.24, 2.45) is 5.92 Å². The fourth-order valence-corrected chi connectivity index (χ4v) is 2.30. The van der Waals surface area contributed by atoms with Gasteiger partial charge in [0.25, 0.3) is 6.43 Å². The van der Waals surface area contributed by atoms with Gasteiger partial charge in [-0.2, -0.15) is 0 Å². The van der Waals surface area contributed by atoms with Gasteiger partial charge < -0.3 is 14.6 Å². The molecule has 1 aromatic rings. The molecule has 0 amide bonds. The second-order valence-electron chi connectivity index (χ2n) is 4.99. The van der Waals surface area contributed by atoms with Crippen molar-refractivity contribution in [2.45, 2.75) is 38.7 Å². The molecule has 124 valence electrons. The van der Waals surface area contributed by atoms with Crippen molar-refractivity contribution in [1.29, 1.82) is 0 Å². The molecule has 0 saturated heterocycles. The lowest BCUT2D eigenvalue weighted by Crippen LogP contribution is -2.44. The third kappa shape index (κ3) is 3.94. The van der Waals surface area contributed by atoms with Gasteiger partial charge in [0, 0.05) is 0 Å². The number of methoxy groups -OCH3 is 1. The van der Waals surface area contributed by atoms with E-state index in [1.54, 1.807) is 19.1 Å². The van der Waals surface area contributed by atoms with Crippen LogP contribution in [0.5, 0.6) is 5.75 Å². The van der Waals surface area contributed by atoms with Gasteiger partial charge in [0.15, 0.2) is 5.92 Å². The van der Waals surface area contributed by atoms with Crippen molar-refractivity contribution in [3.63, 3.8) is 0 Å². The van der Waals surface area contributed by atoms with Crippen molar-refractivity contribution in [3.05, 3.63) is 29.8 Å². The molecule has 0 fully saturated rings. The van der Waals surface area contributed by atoms with Crippen LogP contribution in [0.2, 0.25) is 0 Å². The summed E-state index contributed by atoms with van der Waals surface area (Å²) in [7, 11) is 1.02. The summed E-state index contributed by atoms with van der Waals surface area (Å²) in [6.07, 6.45) is -2.24. The number of hydrogen-bond acceptors (Lipinski definition) is 4. The van der Waals surface area contributed by atoms with Gasteiger partial charge in [-0.25, -0.2) is 8.78 Å². The summed E-state index contributed by atoms with van der Waals surface area (Å²) >= 11 is 0. The lowest BCUT2D eigenvalue weighted by atomic mass is 9.79. The first-order chi connectivity index (χ1) is 10.4. The van der Waals surface area contributed by atoms with Crippen LogP contribution in [0.4, 0.5) is 8.78 Å². The third-order valence-electron chi connectivity index (χ3n) is 3.59. The zero-order valence-corrected chi connectivity index (χ0v) is 13.0. The Balaban J connectivity index is 3.12. The number of rotatable bonds is 8. The van der Waals surface area contributed by atoms with Crippen LogP contribution >= 0.6 is 0 Å². The summed E-state index contributed by atoms with van der Waals surface area (Å²) in [5.41, 5.74) is -1.76. The molecule has 0 radical (unpaired) electrons. The van der Waals surface area contributed by atoms with E-state index in [0.717, 1.165) is 13.5 Å². The van der Waals surface area contributed by atoms with Crippen molar-refractivity contribution >= 4 is 5.97 Å². The molecule has 0 saturated carbocycles. The van der Waals surface area contributed by atoms with E-state index in [4.69, 9.17) is 4.74 Å². The summed E-state index contributed by atoms with van der Waals surface area (Å²) in [5, 5.41) is 10.7. The van der Waals surface area contributed by atoms with Crippen LogP contribution in [0.15, 0.2) is 24.3 Å². The molecular weight excluding hydrogens is 294 g/mol. The molecule has 6 heteroatoms. The maximum absolute atomic E-state index is 13.3. The second kappa shape index (κ2) is 8.08. The average molecular weight is 316 g/mol. The number of carbonyl (C=O) groups is 1. The smallest absolute Gasteiger partial charge is 0.317 e. The highest BCUT2D eigenvalue weighted by Crippen LogP contribution is 2.38. The van der Waals surface area contributed by atoms with Crippen molar-refractivity contribution < 1.29 is 28.2 Å². The lowest BCUT2D eigenvalue weighted by Gasteiger charge is -2.33. The van der Waals surface area contributed by atoms with Crippen LogP contribution in [0.25, 0.3) is 0 Å². The number of benzene rings is 1. The molecule has 0 spiro atoms. The van der Waals surface area contributed by atoms with E-state index in [1.165, 1.54) is 12.1 Å². The van der Waals surface area contributed by atoms with E-state index in [1.807, 2.05) is 6.92 Å². The molecule has 1 aromatic carbocycles. The zero-order valence-electron chi connectivity index (χ0n) is 13.0. The highest BCUT2D eigenvalue weighted by Gasteiger charge is 2.48. The fourth-order valence-electron chi connectivity index (χ4n) is 2.30. The van der Waals surface area contributed by atoms with Gasteiger partial charge in [-0.1, -0.05) is 26.0 Å². The quantitative estimate of drug-likeness (QED) is 0.749. The monoisotopic (exact) mass is 316 g/mol. The molecular formula is C16H22F2O4. The molecule has 2 atom stereocenters. The number of alkyl halides is 2. The first-order valence-electron chi connectivity index (χ1n) is 7.22. The minimum Gasteiger partial charge on any atom is -0.494 e. The molecule has 1 rings (SSSR count). The molecule has 0 aliphatic carbocycles. The van der Waals surface area contributed by atoms with Crippen LogP contribution in [0.3, 0.4) is 0 Å². The van der Waals surface area contributed by atoms with Gasteiger partial charge in [-0.15, -0.1) is 0 Å². The van der Waals surface area contributed by atoms with E-state index in [0.29, 0.717) is 12.4 Å². The van der Waals surface area contributed by atoms with E-state index in [-0.39, 0.29) is 12.0 Å². The predicted octanol–water partition coefficient (Wildman–Crippen LogP) is 3.13. The summed E-state index contributed by atoms with van der Waals surface area (Å²) < 4.78 is 36.4. The first kappa shape index (κ1) is 18.4. The van der Waals surface area contributed by atoms with Gasteiger partial charge in [0.1, 0.15) is 11.4 Å². The molecule has 0 aliphatic rings. The van der Waals surface area contributed by atoms with Gasteiger partial charge in [0.05, 0.1) is 13.7 Å². The van der Waals surface area contributed by atoms with E-state index in [9.17, 15) is 18.7 Å². The van der Waals surface area contributed by atoms with Gasteiger partial charge in [-0.05, 0) is 30.5 Å². The number of esters is 1. The highest BCUT2D eigenvalue weighted by molar-refractivity contribution is 5.74. The SMILES string of the molecule is CCCOc1ccc(C(O)(CC)C(C(=O)OC)C(F)F)cc1. The van der Waals surface area contributed by atoms with Crippen molar-refractivity contribution in [1.82, 2.24) is 0 Å². The maximum Gasteiger partial charge on any atom is 0.317 e. The summed E-state index contributed by atoms with van der Waals surface area (Å²) in [4.78, 5) is 11.7. The van der Waals surface area contributed by atoms with Crippen LogP contribution in [-0.2, 0) is 15.1 Å². The standard InChI is InChI=1S/C16H22F2O4/c1-4-10-22-12-8-6-11(7-9-12)16(20,5-2)13(14(17)18)15(19)21-3/h6-9,13-14,20H,4-5,10H2,1-3H3. The molecule has 0 heterocycles. The summed E-state index contributed by atoms with van der Waals surface area (Å²) in [6, 6.07) is 6.16. The molecule has 4 nitrogen and oxygen atoms in total. The topological polar surface area (TPSA) is 55.8 Å². The summed E-state index contributed by atoms with van der Waals surface area (Å²) in [6.45, 7) is 4.05. The van der Waals surface area contributed by atoms with E-state index >= 15 is 0 Å². The fraction of sp³-hybridized carbons (Fsp3) is 0.562. The van der Waals surface area contributed by atoms with Crippen LogP contribution < -0.4 is 4.74 Å². The average Bonchev–Trinajstić information content (AvgIpc) is 2.52. The van der Waals surface area contributed by atoms with Crippen molar-refractivity contribution in [3.8, 4) is 5.75 Å². The number of aliphatic hydroxyl groups is 1. The van der Waals surface area contributed by atoms with E-state index in [2.05, 4.69) is 4.74 Å². The molecule has 1 N–H and O–H groups in total. The van der Waals surface area contributed by atoms with Crippen molar-refractivity contribution in [2.75, 3.05) is 13.7 Å². The van der Waals surface area contributed by atoms with Gasteiger partial charge in [0.2, 0.25) is 0 Å². The number of ether oxygens (including phenoxy) is 2. The Hall–Kier alpha value is -1.69. The lowest BCUT2D eigenvalue weighted by molar-refractivity contribution is -0.170. The van der Waals surface area contributed by atoms with Gasteiger partial charge in [-0.3, -0.25) is 4.79 Å². The van der Waals surface area contributed by atoms with Crippen LogP contribution in [0.1, 0.15) is 32.3 Å². The predicted molar refractivity (Wildman–Crippen MR) is 77.9 cm³/mol. The maximum atomic E-state index is 13.3. The minimum atomic E-state index is -3.03. The molecule has 0 aromatic heterocycles. The van der Waals surface area contributed by atoms with Gasteiger partial charge >= 0.3 is 5.97 Å². The largest absolute Gasteiger partial charge is 0.494 e. The van der Waals surface area contributed by atoms with Crippen LogP contribution in [0, 0.1) is 5.92 Å². The number of hydrogen-bond donors (Lipinski definition) is 1. The van der Waals surface area contributed by atoms with Crippen LogP contribution in [-0.4, -0.2) is 31.2 Å². The first-order valence-corrected chi connectivity index (χ1v) is 7.22. The Morgan fingerprint density at radius 3 is 2.27 bits per heavy atom. The Kier molecular flexibility index (Phi) is 6.74. The Morgan fingerprint density at radius 2 is 1.86 bits per heavy atom. The highest BCUT2D eigenvalue weighted by atomic mass is 19.3. The number of carbonyl (C=O) groups excluding carboxylic acids is 1. The number of halogens is 2. The Bertz CT molecular complexity index is 476. The molecule has 0 aliphatic heterocycles. The second-order valence-corrected chi connectivity index (χ2v) is 4.99. The summed E-state index contributed by atoms with van der Waals surface area (Å²) in [5.74, 6) is -2.49. The molecule has 2 unspecified atom stereocenters. The normalized spacial score (nSPS) is 15.2. The minimum absolute atomic E-state index is 0.0493. The molecule has 0 bridgehead atoms. The Labute approximate surface area is 129 Å². The zero-order chi connectivity index (χ0) is 16.8. The third-order valence-corrected chi connectivity index (χ3v) is 3.59. The molecule has 22 heavy (non-hydrogen) atoms. The Morgan fingerprint density at radius 1 is 1.27 bits per heavy atom.